The van der Waals surface area contributed by atoms with E-state index in [4.69, 9.17) is 0 Å². The second-order valence-corrected chi connectivity index (χ2v) is 4.61. The van der Waals surface area contributed by atoms with Gasteiger partial charge in [-0.15, -0.1) is 0 Å². The van der Waals surface area contributed by atoms with Crippen molar-refractivity contribution in [1.82, 2.24) is 9.03 Å². The van der Waals surface area contributed by atoms with Crippen molar-refractivity contribution >= 4 is 16.4 Å². The van der Waals surface area contributed by atoms with Crippen LogP contribution < -0.4 is 4.72 Å². The number of nitrogens with one attached hydrogen (secondary N) is 1. The fourth-order valence-electron chi connectivity index (χ4n) is 1.46. The van der Waals surface area contributed by atoms with Crippen LogP contribution in [0, 0.1) is 0 Å². The molecule has 13 heavy (non-hydrogen) atoms. The monoisotopic (exact) mass is 201 g/mol. The molecule has 5 nitrogen and oxygen atoms in total. The van der Waals surface area contributed by atoms with E-state index in [1.54, 1.807) is 12.3 Å². The Balaban J connectivity index is 2.26. The van der Waals surface area contributed by atoms with Crippen molar-refractivity contribution in [3.05, 3.63) is 11.8 Å². The molecule has 2 rings (SSSR count). The van der Waals surface area contributed by atoms with Crippen molar-refractivity contribution in [3.63, 3.8) is 0 Å². The van der Waals surface area contributed by atoms with Gasteiger partial charge in [-0.2, -0.15) is 13.1 Å². The highest BCUT2D eigenvalue weighted by molar-refractivity contribution is 7.87. The Kier molecular flexibility index (Phi) is 2.09. The maximum absolute atomic E-state index is 11.4. The molecule has 0 atom stereocenters. The Hall–Kier alpha value is -0.880. The van der Waals surface area contributed by atoms with E-state index in [-0.39, 0.29) is 0 Å². The first-order valence-corrected chi connectivity index (χ1v) is 5.60. The number of rotatable bonds is 1. The van der Waals surface area contributed by atoms with Gasteiger partial charge in [0.15, 0.2) is 0 Å². The van der Waals surface area contributed by atoms with Crippen LogP contribution in [0.4, 0.5) is 0 Å². The predicted octanol–water partition coefficient (Wildman–Crippen LogP) is -0.505. The van der Waals surface area contributed by atoms with E-state index in [1.807, 2.05) is 0 Å². The maximum atomic E-state index is 11.4. The molecule has 0 radical (unpaired) electrons. The van der Waals surface area contributed by atoms with Crippen LogP contribution in [0.3, 0.4) is 0 Å². The molecule has 0 amide bonds. The number of hydrogen-bond donors (Lipinski definition) is 1. The van der Waals surface area contributed by atoms with E-state index in [9.17, 15) is 8.42 Å². The van der Waals surface area contributed by atoms with E-state index in [0.29, 0.717) is 26.1 Å². The molecule has 0 aromatic carbocycles. The van der Waals surface area contributed by atoms with Crippen LogP contribution >= 0.6 is 0 Å². The second-order valence-electron chi connectivity index (χ2n) is 2.93. The number of allylic oxidation sites excluding steroid dienone is 1. The van der Waals surface area contributed by atoms with Gasteiger partial charge >= 0.3 is 10.2 Å². The van der Waals surface area contributed by atoms with Gasteiger partial charge in [0.25, 0.3) is 0 Å². The lowest BCUT2D eigenvalue weighted by molar-refractivity contribution is 0.502. The molecule has 1 N–H and O–H groups in total. The van der Waals surface area contributed by atoms with Crippen LogP contribution in [-0.4, -0.2) is 38.6 Å². The van der Waals surface area contributed by atoms with Gasteiger partial charge in [0, 0.05) is 38.0 Å². The Morgan fingerprint density at radius 2 is 2.38 bits per heavy atom. The predicted molar refractivity (Wildman–Crippen MR) is 49.7 cm³/mol. The van der Waals surface area contributed by atoms with Crippen LogP contribution in [-0.2, 0) is 10.2 Å². The fourth-order valence-corrected chi connectivity index (χ4v) is 2.75. The SMILES string of the molecule is O=S1(=O)NCCN1C1=CC=NCC1. The maximum Gasteiger partial charge on any atom is 0.301 e. The Morgan fingerprint density at radius 3 is 2.92 bits per heavy atom. The Bertz CT molecular complexity index is 358. The molecular weight excluding hydrogens is 190 g/mol. The van der Waals surface area contributed by atoms with Crippen LogP contribution in [0.25, 0.3) is 0 Å². The number of aliphatic imine (C=N–C) groups is 1. The smallest absolute Gasteiger partial charge is 0.293 e. The standard InChI is InChI=1S/C7H11N3O2S/c11-13(12)9-5-6-10(13)7-1-3-8-4-2-7/h1,3,9H,2,4-6H2. The molecule has 6 heteroatoms. The van der Waals surface area contributed by atoms with Crippen molar-refractivity contribution in [2.45, 2.75) is 6.42 Å². The summed E-state index contributed by atoms with van der Waals surface area (Å²) in [6, 6.07) is 0. The minimum atomic E-state index is -3.23. The van der Waals surface area contributed by atoms with Crippen LogP contribution in [0.5, 0.6) is 0 Å². The van der Waals surface area contributed by atoms with Crippen molar-refractivity contribution < 1.29 is 8.42 Å². The average Bonchev–Trinajstić information content (AvgIpc) is 2.47. The lowest BCUT2D eigenvalue weighted by atomic mass is 10.2. The molecule has 72 valence electrons. The molecular formula is C7H11N3O2S. The molecule has 2 aliphatic rings. The third-order valence-corrected chi connectivity index (χ3v) is 3.65. The zero-order valence-electron chi connectivity index (χ0n) is 7.10. The summed E-state index contributed by atoms with van der Waals surface area (Å²) in [6.45, 7) is 1.71. The molecule has 0 aliphatic carbocycles. The summed E-state index contributed by atoms with van der Waals surface area (Å²) in [7, 11) is -3.23. The van der Waals surface area contributed by atoms with Crippen molar-refractivity contribution in [3.8, 4) is 0 Å². The highest BCUT2D eigenvalue weighted by Gasteiger charge is 2.29. The molecule has 2 heterocycles. The molecule has 0 spiro atoms. The van der Waals surface area contributed by atoms with Crippen LogP contribution in [0.15, 0.2) is 16.8 Å². The van der Waals surface area contributed by atoms with E-state index in [2.05, 4.69) is 9.71 Å². The summed E-state index contributed by atoms with van der Waals surface area (Å²) in [4.78, 5) is 4.00. The third-order valence-electron chi connectivity index (χ3n) is 2.08. The van der Waals surface area contributed by atoms with Crippen molar-refractivity contribution in [1.29, 1.82) is 0 Å². The first-order chi connectivity index (χ1) is 6.20. The summed E-state index contributed by atoms with van der Waals surface area (Å²) in [5.74, 6) is 0. The van der Waals surface area contributed by atoms with Gasteiger partial charge in [-0.3, -0.25) is 9.30 Å². The topological polar surface area (TPSA) is 61.8 Å². The molecule has 0 unspecified atom stereocenters. The lowest BCUT2D eigenvalue weighted by Crippen LogP contribution is -2.29. The van der Waals surface area contributed by atoms with Gasteiger partial charge in [0.05, 0.1) is 0 Å². The Labute approximate surface area is 77.3 Å². The highest BCUT2D eigenvalue weighted by Crippen LogP contribution is 2.17. The molecule has 1 saturated heterocycles. The highest BCUT2D eigenvalue weighted by atomic mass is 32.2. The third kappa shape index (κ3) is 1.59. The molecule has 2 aliphatic heterocycles. The molecule has 0 saturated carbocycles. The normalized spacial score (nSPS) is 26.2. The fraction of sp³-hybridized carbons (Fsp3) is 0.571. The van der Waals surface area contributed by atoms with Crippen LogP contribution in [0.1, 0.15) is 6.42 Å². The molecule has 0 bridgehead atoms. The van der Waals surface area contributed by atoms with Crippen molar-refractivity contribution in [2.24, 2.45) is 4.99 Å². The van der Waals surface area contributed by atoms with Crippen LogP contribution in [0.2, 0.25) is 0 Å². The van der Waals surface area contributed by atoms with Gasteiger partial charge in [0.1, 0.15) is 0 Å². The first kappa shape index (κ1) is 8.71. The molecule has 1 fully saturated rings. The Morgan fingerprint density at radius 1 is 1.54 bits per heavy atom. The number of nitrogens with zero attached hydrogens (tertiary/aromatic N) is 2. The number of dihydropyridines is 1. The summed E-state index contributed by atoms with van der Waals surface area (Å²) in [5, 5.41) is 0. The first-order valence-electron chi connectivity index (χ1n) is 4.16. The summed E-state index contributed by atoms with van der Waals surface area (Å²) in [5.41, 5.74) is 0.833. The van der Waals surface area contributed by atoms with E-state index >= 15 is 0 Å². The van der Waals surface area contributed by atoms with Gasteiger partial charge in [-0.1, -0.05) is 0 Å². The zero-order chi connectivity index (χ0) is 9.31. The minimum absolute atomic E-state index is 0.497. The largest absolute Gasteiger partial charge is 0.301 e. The van der Waals surface area contributed by atoms with Gasteiger partial charge in [-0.25, -0.2) is 0 Å². The minimum Gasteiger partial charge on any atom is -0.293 e. The van der Waals surface area contributed by atoms with E-state index in [0.717, 1.165) is 5.70 Å². The molecule has 0 aromatic heterocycles. The molecule has 0 aromatic rings. The average molecular weight is 201 g/mol. The second kappa shape index (κ2) is 3.12. The van der Waals surface area contributed by atoms with E-state index in [1.165, 1.54) is 4.31 Å². The summed E-state index contributed by atoms with van der Waals surface area (Å²) < 4.78 is 26.7. The van der Waals surface area contributed by atoms with E-state index < -0.39 is 10.2 Å². The quantitative estimate of drug-likeness (QED) is 0.621. The van der Waals surface area contributed by atoms with Gasteiger partial charge in [0.2, 0.25) is 0 Å². The number of hydrogen-bond acceptors (Lipinski definition) is 3. The summed E-state index contributed by atoms with van der Waals surface area (Å²) >= 11 is 0. The zero-order valence-corrected chi connectivity index (χ0v) is 7.92. The van der Waals surface area contributed by atoms with Gasteiger partial charge in [-0.05, 0) is 6.08 Å². The lowest BCUT2D eigenvalue weighted by Gasteiger charge is -2.20. The van der Waals surface area contributed by atoms with Gasteiger partial charge < -0.3 is 0 Å². The van der Waals surface area contributed by atoms with Crippen molar-refractivity contribution in [2.75, 3.05) is 19.6 Å². The summed E-state index contributed by atoms with van der Waals surface area (Å²) in [6.07, 6.45) is 4.12.